The Hall–Kier alpha value is 1.01. The summed E-state index contributed by atoms with van der Waals surface area (Å²) in [5.74, 6) is 0.709. The maximum Gasteiger partial charge on any atom is 0.0815 e. The second kappa shape index (κ2) is 4.76. The Morgan fingerprint density at radius 2 is 1.42 bits per heavy atom. The average molecular weight is 323 g/mol. The molecule has 1 aliphatic rings. The standard InChI is InChI=1S/C15H30OS3/c1-8-15(19)12(4,5)11(2,3)10(9-17)13(6,16)14(15,7)18/h10,16-19H,8-9H2,1-7H3. The average Bonchev–Trinajstić information content (AvgIpc) is 2.25. The van der Waals surface area contributed by atoms with Gasteiger partial charge in [-0.05, 0) is 36.9 Å². The summed E-state index contributed by atoms with van der Waals surface area (Å²) in [5.41, 5.74) is -1.09. The van der Waals surface area contributed by atoms with Crippen LogP contribution < -0.4 is 0 Å². The summed E-state index contributed by atoms with van der Waals surface area (Å²) >= 11 is 14.5. The fourth-order valence-corrected chi connectivity index (χ4v) is 6.15. The molecule has 0 aromatic heterocycles. The van der Waals surface area contributed by atoms with Gasteiger partial charge in [0.2, 0.25) is 0 Å². The molecule has 1 saturated carbocycles. The Balaban J connectivity index is 3.65. The normalized spacial score (nSPS) is 49.1. The van der Waals surface area contributed by atoms with Gasteiger partial charge in [-0.1, -0.05) is 34.6 Å². The first kappa shape index (κ1) is 18.1. The minimum absolute atomic E-state index is 0.0626. The highest BCUT2D eigenvalue weighted by molar-refractivity contribution is 7.86. The lowest BCUT2D eigenvalue weighted by Crippen LogP contribution is -2.77. The molecule has 0 spiro atoms. The van der Waals surface area contributed by atoms with Gasteiger partial charge in [-0.3, -0.25) is 0 Å². The van der Waals surface area contributed by atoms with Crippen LogP contribution in [-0.4, -0.2) is 26.0 Å². The smallest absolute Gasteiger partial charge is 0.0815 e. The van der Waals surface area contributed by atoms with Crippen LogP contribution >= 0.6 is 37.9 Å². The van der Waals surface area contributed by atoms with Gasteiger partial charge in [0.25, 0.3) is 0 Å². The van der Waals surface area contributed by atoms with Crippen LogP contribution in [0, 0.1) is 16.7 Å². The molecule has 0 aromatic rings. The van der Waals surface area contributed by atoms with E-state index in [9.17, 15) is 5.11 Å². The van der Waals surface area contributed by atoms with Crippen molar-refractivity contribution in [1.82, 2.24) is 0 Å². The summed E-state index contributed by atoms with van der Waals surface area (Å²) in [6.07, 6.45) is 0.863. The fraction of sp³-hybridized carbons (Fsp3) is 1.00. The van der Waals surface area contributed by atoms with Crippen molar-refractivity contribution in [2.45, 2.75) is 70.0 Å². The van der Waals surface area contributed by atoms with E-state index in [2.05, 4.69) is 47.2 Å². The fourth-order valence-electron chi connectivity index (χ4n) is 4.23. The molecule has 1 N–H and O–H groups in total. The Labute approximate surface area is 135 Å². The monoisotopic (exact) mass is 322 g/mol. The van der Waals surface area contributed by atoms with Crippen molar-refractivity contribution in [3.8, 4) is 0 Å². The van der Waals surface area contributed by atoms with Crippen LogP contribution in [0.3, 0.4) is 0 Å². The molecule has 19 heavy (non-hydrogen) atoms. The summed E-state index contributed by atoms with van der Waals surface area (Å²) in [6, 6.07) is 0. The van der Waals surface area contributed by atoms with Gasteiger partial charge >= 0.3 is 0 Å². The van der Waals surface area contributed by atoms with Gasteiger partial charge in [-0.2, -0.15) is 37.9 Å². The lowest BCUT2D eigenvalue weighted by molar-refractivity contribution is -0.173. The van der Waals surface area contributed by atoms with Crippen molar-refractivity contribution >= 4 is 37.9 Å². The van der Waals surface area contributed by atoms with E-state index >= 15 is 0 Å². The number of rotatable bonds is 2. The van der Waals surface area contributed by atoms with Crippen LogP contribution in [0.4, 0.5) is 0 Å². The third kappa shape index (κ3) is 1.89. The van der Waals surface area contributed by atoms with E-state index in [-0.39, 0.29) is 21.5 Å². The topological polar surface area (TPSA) is 20.2 Å². The Morgan fingerprint density at radius 3 is 1.74 bits per heavy atom. The Morgan fingerprint density at radius 1 is 1.00 bits per heavy atom. The van der Waals surface area contributed by atoms with Crippen molar-refractivity contribution < 1.29 is 5.11 Å². The van der Waals surface area contributed by atoms with E-state index in [1.807, 2.05) is 13.8 Å². The van der Waals surface area contributed by atoms with E-state index in [1.54, 1.807) is 0 Å². The quantitative estimate of drug-likeness (QED) is 0.564. The lowest BCUT2D eigenvalue weighted by atomic mass is 9.43. The highest BCUT2D eigenvalue weighted by Crippen LogP contribution is 2.69. The minimum Gasteiger partial charge on any atom is -0.388 e. The molecule has 0 aromatic carbocycles. The van der Waals surface area contributed by atoms with Gasteiger partial charge < -0.3 is 5.11 Å². The van der Waals surface area contributed by atoms with Gasteiger partial charge in [0.1, 0.15) is 0 Å². The van der Waals surface area contributed by atoms with Crippen molar-refractivity contribution in [2.75, 3.05) is 5.75 Å². The largest absolute Gasteiger partial charge is 0.388 e. The second-order valence-electron chi connectivity index (χ2n) is 7.52. The first-order chi connectivity index (χ1) is 8.25. The van der Waals surface area contributed by atoms with Crippen LogP contribution in [0.2, 0.25) is 0 Å². The molecule has 1 nitrogen and oxygen atoms in total. The van der Waals surface area contributed by atoms with Crippen molar-refractivity contribution in [3.63, 3.8) is 0 Å². The Bertz CT molecular complexity index is 330. The first-order valence-corrected chi connectivity index (χ1v) is 8.56. The zero-order chi connectivity index (χ0) is 15.5. The first-order valence-electron chi connectivity index (χ1n) is 7.03. The summed E-state index contributed by atoms with van der Waals surface area (Å²) in [4.78, 5) is 0. The van der Waals surface area contributed by atoms with Crippen LogP contribution in [0.1, 0.15) is 54.9 Å². The highest BCUT2D eigenvalue weighted by atomic mass is 32.1. The summed E-state index contributed by atoms with van der Waals surface area (Å²) in [6.45, 7) is 15.0. The second-order valence-corrected chi connectivity index (χ2v) is 9.54. The van der Waals surface area contributed by atoms with Crippen molar-refractivity contribution in [2.24, 2.45) is 16.7 Å². The van der Waals surface area contributed by atoms with E-state index in [1.165, 1.54) is 0 Å². The highest BCUT2D eigenvalue weighted by Gasteiger charge is 2.72. The zero-order valence-corrected chi connectivity index (χ0v) is 16.0. The number of hydrogen-bond acceptors (Lipinski definition) is 4. The van der Waals surface area contributed by atoms with Crippen molar-refractivity contribution in [1.29, 1.82) is 0 Å². The van der Waals surface area contributed by atoms with Crippen LogP contribution in [0.5, 0.6) is 0 Å². The Kier molecular flexibility index (Phi) is 4.52. The number of aliphatic hydroxyl groups is 1. The molecule has 0 amide bonds. The SMILES string of the molecule is CCC1(S)C(C)(C)C(C)(C)C(CS)C(C)(O)C1(C)S. The maximum atomic E-state index is 11.2. The summed E-state index contributed by atoms with van der Waals surface area (Å²) < 4.78 is -0.958. The van der Waals surface area contributed by atoms with Gasteiger partial charge in [0.15, 0.2) is 0 Å². The van der Waals surface area contributed by atoms with E-state index in [4.69, 9.17) is 25.3 Å². The molecule has 1 rings (SSSR count). The molecule has 4 atom stereocenters. The summed E-state index contributed by atoms with van der Waals surface area (Å²) in [7, 11) is 0. The van der Waals surface area contributed by atoms with Crippen LogP contribution in [0.15, 0.2) is 0 Å². The molecule has 0 saturated heterocycles. The van der Waals surface area contributed by atoms with E-state index < -0.39 is 10.3 Å². The molecule has 0 radical (unpaired) electrons. The molecule has 4 unspecified atom stereocenters. The minimum atomic E-state index is -0.922. The molecule has 4 heteroatoms. The van der Waals surface area contributed by atoms with E-state index in [0.717, 1.165) is 6.42 Å². The molecule has 114 valence electrons. The molecular weight excluding hydrogens is 292 g/mol. The van der Waals surface area contributed by atoms with Crippen LogP contribution in [-0.2, 0) is 0 Å². The molecular formula is C15H30OS3. The number of hydrogen-bond donors (Lipinski definition) is 4. The molecule has 1 aliphatic carbocycles. The molecule has 0 bridgehead atoms. The molecule has 1 fully saturated rings. The van der Waals surface area contributed by atoms with Crippen molar-refractivity contribution in [3.05, 3.63) is 0 Å². The van der Waals surface area contributed by atoms with Gasteiger partial charge in [0.05, 0.1) is 10.3 Å². The van der Waals surface area contributed by atoms with E-state index in [0.29, 0.717) is 5.75 Å². The third-order valence-corrected chi connectivity index (χ3v) is 9.38. The maximum absolute atomic E-state index is 11.2. The predicted molar refractivity (Wildman–Crippen MR) is 94.9 cm³/mol. The van der Waals surface area contributed by atoms with Gasteiger partial charge in [-0.25, -0.2) is 0 Å². The molecule has 0 aliphatic heterocycles. The van der Waals surface area contributed by atoms with Gasteiger partial charge in [-0.15, -0.1) is 0 Å². The third-order valence-electron chi connectivity index (χ3n) is 6.68. The number of thiol groups is 3. The van der Waals surface area contributed by atoms with Crippen LogP contribution in [0.25, 0.3) is 0 Å². The summed E-state index contributed by atoms with van der Waals surface area (Å²) in [5, 5.41) is 11.2. The predicted octanol–water partition coefficient (Wildman–Crippen LogP) is 4.12. The lowest BCUT2D eigenvalue weighted by Gasteiger charge is -2.71. The molecule has 0 heterocycles. The van der Waals surface area contributed by atoms with Gasteiger partial charge in [0, 0.05) is 10.7 Å². The zero-order valence-electron chi connectivity index (χ0n) is 13.3.